The van der Waals surface area contributed by atoms with E-state index >= 15 is 0 Å². The van der Waals surface area contributed by atoms with Gasteiger partial charge in [0.2, 0.25) is 0 Å². The van der Waals surface area contributed by atoms with Crippen LogP contribution in [0, 0.1) is 0 Å². The molecule has 0 aliphatic rings. The Hall–Kier alpha value is -0.0900. The van der Waals surface area contributed by atoms with E-state index in [0.29, 0.717) is 6.04 Å². The normalized spacial score (nSPS) is 12.9. The van der Waals surface area contributed by atoms with Crippen molar-refractivity contribution in [3.05, 3.63) is 21.3 Å². The molecule has 92 valence electrons. The number of ether oxygens (including phenoxy) is 1. The highest BCUT2D eigenvalue weighted by atomic mass is 35.5. The summed E-state index contributed by atoms with van der Waals surface area (Å²) in [5.74, 6) is 0. The van der Waals surface area contributed by atoms with Crippen LogP contribution in [-0.2, 0) is 4.74 Å². The summed E-state index contributed by atoms with van der Waals surface area (Å²) in [4.78, 5) is 0. The van der Waals surface area contributed by atoms with Gasteiger partial charge in [-0.2, -0.15) is 0 Å². The van der Waals surface area contributed by atoms with Gasteiger partial charge in [0.15, 0.2) is 0 Å². The zero-order valence-corrected chi connectivity index (χ0v) is 11.5. The third-order valence-corrected chi connectivity index (χ3v) is 3.46. The summed E-state index contributed by atoms with van der Waals surface area (Å²) < 4.78 is 6.27. The molecule has 0 amide bonds. The first-order valence-corrected chi connectivity index (χ1v) is 7.05. The van der Waals surface area contributed by atoms with E-state index in [1.165, 1.54) is 5.56 Å². The number of nitrogens with one attached hydrogen (secondary N) is 1. The Balaban J connectivity index is 2.09. The fourth-order valence-electron chi connectivity index (χ4n) is 1.41. The van der Waals surface area contributed by atoms with Crippen molar-refractivity contribution in [3.63, 3.8) is 0 Å². The van der Waals surface area contributed by atoms with Crippen molar-refractivity contribution in [1.29, 1.82) is 0 Å². The van der Waals surface area contributed by atoms with Gasteiger partial charge in [-0.3, -0.25) is 0 Å². The summed E-state index contributed by atoms with van der Waals surface area (Å²) in [7, 11) is 0. The molecule has 2 nitrogen and oxygen atoms in total. The number of hydrogen-bond acceptors (Lipinski definition) is 3. The van der Waals surface area contributed by atoms with Gasteiger partial charge >= 0.3 is 0 Å². The van der Waals surface area contributed by atoms with E-state index in [-0.39, 0.29) is 0 Å². The zero-order chi connectivity index (χ0) is 11.8. The molecule has 0 saturated carbocycles. The second-order valence-corrected chi connectivity index (χ2v) is 5.37. The van der Waals surface area contributed by atoms with Crippen LogP contribution < -0.4 is 5.32 Å². The van der Waals surface area contributed by atoms with Crippen molar-refractivity contribution < 1.29 is 4.74 Å². The Morgan fingerprint density at radius 1 is 1.50 bits per heavy atom. The first-order chi connectivity index (χ1) is 7.74. The molecule has 1 aromatic heterocycles. The number of rotatable bonds is 8. The quantitative estimate of drug-likeness (QED) is 0.718. The third kappa shape index (κ3) is 5.30. The average molecular weight is 262 g/mol. The molecule has 16 heavy (non-hydrogen) atoms. The summed E-state index contributed by atoms with van der Waals surface area (Å²) in [6.07, 6.45) is 2.15. The Kier molecular flexibility index (Phi) is 7.05. The first kappa shape index (κ1) is 14.0. The number of halogens is 1. The molecule has 0 saturated heterocycles. The molecule has 0 radical (unpaired) electrons. The van der Waals surface area contributed by atoms with Crippen molar-refractivity contribution in [3.8, 4) is 0 Å². The Morgan fingerprint density at radius 2 is 2.31 bits per heavy atom. The minimum atomic E-state index is 0.370. The van der Waals surface area contributed by atoms with Gasteiger partial charge in [0.05, 0.1) is 4.34 Å². The maximum atomic E-state index is 5.89. The number of hydrogen-bond donors (Lipinski definition) is 1. The molecule has 1 aromatic rings. The molecule has 1 atom stereocenters. The van der Waals surface area contributed by atoms with Crippen LogP contribution in [0.4, 0.5) is 0 Å². The fraction of sp³-hybridized carbons (Fsp3) is 0.667. The second-order valence-electron chi connectivity index (χ2n) is 3.83. The van der Waals surface area contributed by atoms with Gasteiger partial charge < -0.3 is 10.1 Å². The van der Waals surface area contributed by atoms with Crippen LogP contribution in [0.2, 0.25) is 4.34 Å². The molecule has 1 unspecified atom stereocenters. The average Bonchev–Trinajstić information content (AvgIpc) is 2.70. The minimum Gasteiger partial charge on any atom is -0.381 e. The van der Waals surface area contributed by atoms with Gasteiger partial charge in [0, 0.05) is 19.3 Å². The molecule has 0 spiro atoms. The van der Waals surface area contributed by atoms with E-state index in [1.54, 1.807) is 11.3 Å². The highest BCUT2D eigenvalue weighted by Gasteiger charge is 2.06. The molecule has 1 rings (SSSR count). The lowest BCUT2D eigenvalue weighted by molar-refractivity contribution is 0.132. The van der Waals surface area contributed by atoms with Crippen LogP contribution in [0.3, 0.4) is 0 Å². The maximum absolute atomic E-state index is 5.89. The van der Waals surface area contributed by atoms with E-state index in [2.05, 4.69) is 24.5 Å². The molecule has 1 heterocycles. The highest BCUT2D eigenvalue weighted by Crippen LogP contribution is 2.24. The summed E-state index contributed by atoms with van der Waals surface area (Å²) in [6, 6.07) is 2.40. The van der Waals surface area contributed by atoms with Crippen LogP contribution in [0.25, 0.3) is 0 Å². The summed E-state index contributed by atoms with van der Waals surface area (Å²) in [6.45, 7) is 6.98. The van der Waals surface area contributed by atoms with E-state index in [0.717, 1.165) is 36.9 Å². The fourth-order valence-corrected chi connectivity index (χ4v) is 2.39. The van der Waals surface area contributed by atoms with E-state index in [4.69, 9.17) is 16.3 Å². The van der Waals surface area contributed by atoms with Crippen molar-refractivity contribution in [1.82, 2.24) is 5.32 Å². The minimum absolute atomic E-state index is 0.370. The summed E-state index contributed by atoms with van der Waals surface area (Å²) in [5.41, 5.74) is 1.27. The van der Waals surface area contributed by atoms with Crippen LogP contribution in [0.15, 0.2) is 11.4 Å². The lowest BCUT2D eigenvalue weighted by Gasteiger charge is -2.12. The molecule has 0 fully saturated rings. The van der Waals surface area contributed by atoms with Gasteiger partial charge in [-0.25, -0.2) is 0 Å². The zero-order valence-electron chi connectivity index (χ0n) is 9.96. The first-order valence-electron chi connectivity index (χ1n) is 5.79. The van der Waals surface area contributed by atoms with E-state index < -0.39 is 0 Å². The van der Waals surface area contributed by atoms with Crippen molar-refractivity contribution in [2.45, 2.75) is 32.7 Å². The topological polar surface area (TPSA) is 21.3 Å². The van der Waals surface area contributed by atoms with Gasteiger partial charge in [-0.1, -0.05) is 18.5 Å². The largest absolute Gasteiger partial charge is 0.381 e. The molecule has 1 N–H and O–H groups in total. The van der Waals surface area contributed by atoms with E-state index in [1.807, 2.05) is 6.07 Å². The standard InChI is InChI=1S/C12H20ClNOS/c1-3-6-15-7-4-5-14-10(2)11-8-12(13)16-9-11/h8-10,14H,3-7H2,1-2H3. The molecule has 4 heteroatoms. The predicted octanol–water partition coefficient (Wildman–Crippen LogP) is 3.87. The molecular weight excluding hydrogens is 242 g/mol. The SMILES string of the molecule is CCCOCCCNC(C)c1csc(Cl)c1. The predicted molar refractivity (Wildman–Crippen MR) is 71.5 cm³/mol. The lowest BCUT2D eigenvalue weighted by atomic mass is 10.2. The molecule has 0 aliphatic heterocycles. The van der Waals surface area contributed by atoms with Crippen LogP contribution >= 0.6 is 22.9 Å². The van der Waals surface area contributed by atoms with Crippen molar-refractivity contribution >= 4 is 22.9 Å². The molecule has 0 aliphatic carbocycles. The number of thiophene rings is 1. The van der Waals surface area contributed by atoms with Crippen molar-refractivity contribution in [2.75, 3.05) is 19.8 Å². The summed E-state index contributed by atoms with van der Waals surface area (Å²) >= 11 is 7.48. The second kappa shape index (κ2) is 8.07. The lowest BCUT2D eigenvalue weighted by Crippen LogP contribution is -2.20. The van der Waals surface area contributed by atoms with E-state index in [9.17, 15) is 0 Å². The van der Waals surface area contributed by atoms with Gasteiger partial charge in [0.25, 0.3) is 0 Å². The van der Waals surface area contributed by atoms with Crippen LogP contribution in [0.1, 0.15) is 38.3 Å². The maximum Gasteiger partial charge on any atom is 0.0931 e. The highest BCUT2D eigenvalue weighted by molar-refractivity contribution is 7.14. The van der Waals surface area contributed by atoms with Crippen LogP contribution in [0.5, 0.6) is 0 Å². The van der Waals surface area contributed by atoms with Gasteiger partial charge in [-0.05, 0) is 43.3 Å². The van der Waals surface area contributed by atoms with Crippen LogP contribution in [-0.4, -0.2) is 19.8 Å². The summed E-state index contributed by atoms with van der Waals surface area (Å²) in [5, 5.41) is 5.56. The Bertz CT molecular complexity index is 290. The molecule has 0 aromatic carbocycles. The van der Waals surface area contributed by atoms with Crippen molar-refractivity contribution in [2.24, 2.45) is 0 Å². The van der Waals surface area contributed by atoms with Gasteiger partial charge in [-0.15, -0.1) is 11.3 Å². The monoisotopic (exact) mass is 261 g/mol. The van der Waals surface area contributed by atoms with Gasteiger partial charge in [0.1, 0.15) is 0 Å². The Morgan fingerprint density at radius 3 is 2.94 bits per heavy atom. The third-order valence-electron chi connectivity index (χ3n) is 2.35. The smallest absolute Gasteiger partial charge is 0.0931 e. The molecule has 0 bridgehead atoms. The Labute approximate surface area is 107 Å². The molecular formula is C12H20ClNOS.